The molecule has 6 rings (SSSR count). The molecule has 1 spiro atoms. The first-order valence-corrected chi connectivity index (χ1v) is 12.6. The summed E-state index contributed by atoms with van der Waals surface area (Å²) in [5.41, 5.74) is 2.29. The molecule has 0 amide bonds. The van der Waals surface area contributed by atoms with Gasteiger partial charge in [0.2, 0.25) is 0 Å². The molecule has 7 atom stereocenters. The van der Waals surface area contributed by atoms with Crippen LogP contribution < -0.4 is 0 Å². The molecule has 7 unspecified atom stereocenters. The van der Waals surface area contributed by atoms with Crippen molar-refractivity contribution in [1.29, 1.82) is 0 Å². The Balaban J connectivity index is 1.32. The number of allylic oxidation sites excluding steroid dienone is 1. The summed E-state index contributed by atoms with van der Waals surface area (Å²) in [6.07, 6.45) is 11.2. The van der Waals surface area contributed by atoms with Gasteiger partial charge in [-0.05, 0) is 73.5 Å². The quantitative estimate of drug-likeness (QED) is 0.542. The highest BCUT2D eigenvalue weighted by molar-refractivity contribution is 5.28. The minimum Gasteiger partial charge on any atom is -0.348 e. The van der Waals surface area contributed by atoms with Crippen molar-refractivity contribution in [2.45, 2.75) is 84.2 Å². The van der Waals surface area contributed by atoms with Gasteiger partial charge in [0, 0.05) is 18.8 Å². The summed E-state index contributed by atoms with van der Waals surface area (Å²) in [6, 6.07) is 0. The Morgan fingerprint density at radius 3 is 2.23 bits per heavy atom. The van der Waals surface area contributed by atoms with E-state index in [0.717, 1.165) is 57.0 Å². The average molecular weight is 417 g/mol. The van der Waals surface area contributed by atoms with Gasteiger partial charge in [0.15, 0.2) is 11.6 Å². The predicted molar refractivity (Wildman–Crippen MR) is 115 cm³/mol. The van der Waals surface area contributed by atoms with Crippen molar-refractivity contribution in [1.82, 2.24) is 0 Å². The first-order chi connectivity index (χ1) is 14.3. The lowest BCUT2D eigenvalue weighted by molar-refractivity contribution is -0.218. The lowest BCUT2D eigenvalue weighted by Crippen LogP contribution is -2.56. The third-order valence-electron chi connectivity index (χ3n) is 10.7. The summed E-state index contributed by atoms with van der Waals surface area (Å²) in [5.74, 6) is 2.84. The van der Waals surface area contributed by atoms with Crippen molar-refractivity contribution in [2.24, 2.45) is 40.4 Å². The Morgan fingerprint density at radius 1 is 0.800 bits per heavy atom. The SMILES string of the molecule is CC1C=C2CC3(CCC2(C)C2CCC4(C)C(CCC4C4(C)OCCO4)C12)OCCO3. The Morgan fingerprint density at radius 2 is 1.50 bits per heavy atom. The molecule has 0 bridgehead atoms. The van der Waals surface area contributed by atoms with Crippen LogP contribution in [0.1, 0.15) is 72.6 Å². The highest BCUT2D eigenvalue weighted by Crippen LogP contribution is 2.69. The van der Waals surface area contributed by atoms with Gasteiger partial charge in [-0.2, -0.15) is 0 Å². The monoisotopic (exact) mass is 416 g/mol. The number of hydrogen-bond acceptors (Lipinski definition) is 4. The molecule has 2 aliphatic heterocycles. The van der Waals surface area contributed by atoms with E-state index in [1.807, 2.05) is 0 Å². The van der Waals surface area contributed by atoms with E-state index in [-0.39, 0.29) is 11.6 Å². The van der Waals surface area contributed by atoms with E-state index < -0.39 is 0 Å². The zero-order valence-electron chi connectivity index (χ0n) is 19.4. The summed E-state index contributed by atoms with van der Waals surface area (Å²) < 4.78 is 24.6. The van der Waals surface area contributed by atoms with Gasteiger partial charge in [0.25, 0.3) is 0 Å². The van der Waals surface area contributed by atoms with Crippen molar-refractivity contribution in [3.05, 3.63) is 11.6 Å². The van der Waals surface area contributed by atoms with Gasteiger partial charge in [0.05, 0.1) is 26.4 Å². The fourth-order valence-electron chi connectivity index (χ4n) is 9.30. The second kappa shape index (κ2) is 6.56. The second-order valence-corrected chi connectivity index (χ2v) is 11.9. The van der Waals surface area contributed by atoms with Gasteiger partial charge >= 0.3 is 0 Å². The topological polar surface area (TPSA) is 36.9 Å². The van der Waals surface area contributed by atoms with Crippen molar-refractivity contribution in [3.63, 3.8) is 0 Å². The largest absolute Gasteiger partial charge is 0.348 e. The van der Waals surface area contributed by atoms with Crippen molar-refractivity contribution in [3.8, 4) is 0 Å². The molecular weight excluding hydrogens is 376 g/mol. The smallest absolute Gasteiger partial charge is 0.172 e. The van der Waals surface area contributed by atoms with Crippen LogP contribution in [0.25, 0.3) is 0 Å². The minimum absolute atomic E-state index is 0.314. The molecule has 30 heavy (non-hydrogen) atoms. The van der Waals surface area contributed by atoms with Crippen LogP contribution in [0, 0.1) is 40.4 Å². The molecule has 168 valence electrons. The Labute approximate surface area is 182 Å². The van der Waals surface area contributed by atoms with Gasteiger partial charge in [-0.15, -0.1) is 0 Å². The highest BCUT2D eigenvalue weighted by Gasteiger charge is 2.64. The summed E-state index contributed by atoms with van der Waals surface area (Å²) in [7, 11) is 0. The summed E-state index contributed by atoms with van der Waals surface area (Å²) in [5, 5.41) is 0. The van der Waals surface area contributed by atoms with Crippen LogP contribution in [0.5, 0.6) is 0 Å². The van der Waals surface area contributed by atoms with Gasteiger partial charge in [0.1, 0.15) is 0 Å². The van der Waals surface area contributed by atoms with Crippen molar-refractivity contribution in [2.75, 3.05) is 26.4 Å². The van der Waals surface area contributed by atoms with E-state index in [0.29, 0.717) is 22.7 Å². The van der Waals surface area contributed by atoms with Crippen LogP contribution in [0.4, 0.5) is 0 Å². The maximum atomic E-state index is 6.20. The highest BCUT2D eigenvalue weighted by atomic mass is 16.7. The van der Waals surface area contributed by atoms with Crippen molar-refractivity contribution < 1.29 is 18.9 Å². The Hall–Kier alpha value is -0.420. The fourth-order valence-corrected chi connectivity index (χ4v) is 9.30. The molecule has 0 aromatic rings. The molecular formula is C26H40O4. The Kier molecular flexibility index (Phi) is 4.42. The third kappa shape index (κ3) is 2.60. The molecule has 4 heteroatoms. The predicted octanol–water partition coefficient (Wildman–Crippen LogP) is 5.32. The molecule has 0 N–H and O–H groups in total. The molecule has 3 saturated carbocycles. The molecule has 0 radical (unpaired) electrons. The van der Waals surface area contributed by atoms with Crippen LogP contribution >= 0.6 is 0 Å². The molecule has 4 nitrogen and oxygen atoms in total. The van der Waals surface area contributed by atoms with Gasteiger partial charge in [-0.1, -0.05) is 32.4 Å². The maximum absolute atomic E-state index is 6.20. The standard InChI is InChI=1S/C26H40O4/c1-17-15-18-16-26(29-13-14-30-26)10-9-23(18,2)20-7-8-24(3)19(22(17)20)5-6-21(24)25(4)27-11-12-28-25/h15,17,19-22H,5-14,16H2,1-4H3. The number of ether oxygens (including phenoxy) is 4. The van der Waals surface area contributed by atoms with Gasteiger partial charge < -0.3 is 18.9 Å². The van der Waals surface area contributed by atoms with Gasteiger partial charge in [-0.3, -0.25) is 0 Å². The van der Waals surface area contributed by atoms with Crippen LogP contribution in [0.15, 0.2) is 11.6 Å². The number of fused-ring (bicyclic) bond motifs is 5. The zero-order chi connectivity index (χ0) is 20.8. The molecule has 0 aromatic heterocycles. The van der Waals surface area contributed by atoms with E-state index >= 15 is 0 Å². The van der Waals surface area contributed by atoms with Crippen LogP contribution in [0.3, 0.4) is 0 Å². The number of rotatable bonds is 1. The minimum atomic E-state index is -0.368. The molecule has 6 aliphatic rings. The van der Waals surface area contributed by atoms with Crippen LogP contribution in [0.2, 0.25) is 0 Å². The lowest BCUT2D eigenvalue weighted by Gasteiger charge is -2.61. The van der Waals surface area contributed by atoms with E-state index in [1.54, 1.807) is 5.57 Å². The van der Waals surface area contributed by atoms with E-state index in [2.05, 4.69) is 33.8 Å². The molecule has 2 saturated heterocycles. The maximum Gasteiger partial charge on any atom is 0.172 e. The summed E-state index contributed by atoms with van der Waals surface area (Å²) >= 11 is 0. The van der Waals surface area contributed by atoms with Gasteiger partial charge in [-0.25, -0.2) is 0 Å². The molecule has 0 aromatic carbocycles. The number of hydrogen-bond donors (Lipinski definition) is 0. The van der Waals surface area contributed by atoms with E-state index in [9.17, 15) is 0 Å². The lowest BCUT2D eigenvalue weighted by atomic mass is 9.45. The molecule has 4 aliphatic carbocycles. The zero-order valence-corrected chi connectivity index (χ0v) is 19.4. The van der Waals surface area contributed by atoms with Crippen LogP contribution in [-0.2, 0) is 18.9 Å². The molecule has 2 heterocycles. The normalized spacial score (nSPS) is 51.3. The van der Waals surface area contributed by atoms with E-state index in [1.165, 1.54) is 32.1 Å². The molecule has 5 fully saturated rings. The van der Waals surface area contributed by atoms with E-state index in [4.69, 9.17) is 18.9 Å². The average Bonchev–Trinajstić information content (AvgIpc) is 3.43. The first kappa shape index (κ1) is 20.2. The third-order valence-corrected chi connectivity index (χ3v) is 10.7. The van der Waals surface area contributed by atoms with Crippen LogP contribution in [-0.4, -0.2) is 38.0 Å². The second-order valence-electron chi connectivity index (χ2n) is 11.9. The summed E-state index contributed by atoms with van der Waals surface area (Å²) in [6.45, 7) is 12.9. The first-order valence-electron chi connectivity index (χ1n) is 12.6. The Bertz CT molecular complexity index is 733. The summed E-state index contributed by atoms with van der Waals surface area (Å²) in [4.78, 5) is 0. The van der Waals surface area contributed by atoms with Crippen molar-refractivity contribution >= 4 is 0 Å². The fraction of sp³-hybridized carbons (Fsp3) is 0.923.